The van der Waals surface area contributed by atoms with Crippen LogP contribution in [0.1, 0.15) is 12.8 Å². The van der Waals surface area contributed by atoms with Gasteiger partial charge in [-0.05, 0) is 0 Å². The first-order valence-electron chi connectivity index (χ1n) is 3.11. The summed E-state index contributed by atoms with van der Waals surface area (Å²) in [5.74, 6) is -5.98. The van der Waals surface area contributed by atoms with Gasteiger partial charge in [0.05, 0.1) is 5.97 Å². The van der Waals surface area contributed by atoms with Crippen LogP contribution in [0, 0.1) is 35.6 Å². The second-order valence-corrected chi connectivity index (χ2v) is 2.42. The molecule has 7 nitrogen and oxygen atoms in total. The molecule has 0 saturated carbocycles. The SMILES string of the molecule is O=C([O-])CC(O)(CC(=O)[O-])C(=O)[O-].[Cl-].[La+3]. The minimum absolute atomic E-state index is 0. The molecule has 0 saturated heterocycles. The summed E-state index contributed by atoms with van der Waals surface area (Å²) >= 11 is 0. The summed E-state index contributed by atoms with van der Waals surface area (Å²) in [5, 5.41) is 38.9. The first kappa shape index (κ1) is 20.3. The molecule has 9 heteroatoms. The summed E-state index contributed by atoms with van der Waals surface area (Å²) in [6, 6.07) is 0. The van der Waals surface area contributed by atoms with Gasteiger partial charge in [-0.25, -0.2) is 0 Å². The molecule has 0 aromatic carbocycles. The van der Waals surface area contributed by atoms with Crippen molar-refractivity contribution in [3.63, 3.8) is 0 Å². The normalized spacial score (nSPS) is 9.40. The first-order chi connectivity index (χ1) is 5.78. The van der Waals surface area contributed by atoms with E-state index in [2.05, 4.69) is 0 Å². The van der Waals surface area contributed by atoms with Gasteiger partial charge in [-0.15, -0.1) is 0 Å². The number of hydrogen-bond donors (Lipinski definition) is 1. The van der Waals surface area contributed by atoms with E-state index in [1.54, 1.807) is 0 Å². The van der Waals surface area contributed by atoms with Gasteiger partial charge in [0.2, 0.25) is 0 Å². The fourth-order valence-electron chi connectivity index (χ4n) is 0.684. The van der Waals surface area contributed by atoms with Crippen molar-refractivity contribution in [2.24, 2.45) is 0 Å². The van der Waals surface area contributed by atoms with E-state index < -0.39 is 36.4 Å². The van der Waals surface area contributed by atoms with Gasteiger partial charge in [0.1, 0.15) is 5.60 Å². The summed E-state index contributed by atoms with van der Waals surface area (Å²) < 4.78 is 0. The molecular formula is C6H5ClLaO7-. The van der Waals surface area contributed by atoms with E-state index in [4.69, 9.17) is 5.11 Å². The van der Waals surface area contributed by atoms with Gasteiger partial charge in [-0.3, -0.25) is 0 Å². The minimum atomic E-state index is -2.97. The van der Waals surface area contributed by atoms with E-state index in [9.17, 15) is 29.7 Å². The molecule has 0 aliphatic carbocycles. The third kappa shape index (κ3) is 7.75. The van der Waals surface area contributed by atoms with Gasteiger partial charge >= 0.3 is 35.6 Å². The molecule has 0 amide bonds. The molecule has 0 radical (unpaired) electrons. The van der Waals surface area contributed by atoms with Crippen LogP contribution in [0.3, 0.4) is 0 Å². The average molecular weight is 363 g/mol. The number of rotatable bonds is 5. The molecule has 0 aromatic heterocycles. The Morgan fingerprint density at radius 3 is 1.40 bits per heavy atom. The molecule has 0 heterocycles. The first-order valence-corrected chi connectivity index (χ1v) is 3.11. The third-order valence-electron chi connectivity index (χ3n) is 1.25. The zero-order valence-electron chi connectivity index (χ0n) is 7.27. The van der Waals surface area contributed by atoms with Crippen molar-refractivity contribution >= 4 is 17.9 Å². The van der Waals surface area contributed by atoms with E-state index in [1.165, 1.54) is 0 Å². The van der Waals surface area contributed by atoms with Crippen molar-refractivity contribution in [1.29, 1.82) is 0 Å². The Labute approximate surface area is 118 Å². The summed E-state index contributed by atoms with van der Waals surface area (Å²) in [6.45, 7) is 0. The van der Waals surface area contributed by atoms with Crippen LogP contribution in [-0.2, 0) is 14.4 Å². The summed E-state index contributed by atoms with van der Waals surface area (Å²) in [7, 11) is 0. The maximum Gasteiger partial charge on any atom is 3.00 e. The predicted molar refractivity (Wildman–Crippen MR) is 29.2 cm³/mol. The second kappa shape index (κ2) is 8.06. The van der Waals surface area contributed by atoms with Gasteiger partial charge in [0.25, 0.3) is 0 Å². The number of carbonyl (C=O) groups is 3. The molecule has 0 unspecified atom stereocenters. The van der Waals surface area contributed by atoms with Crippen LogP contribution < -0.4 is 27.7 Å². The Morgan fingerprint density at radius 2 is 1.27 bits per heavy atom. The largest absolute Gasteiger partial charge is 3.00 e. The van der Waals surface area contributed by atoms with Crippen LogP contribution in [-0.4, -0.2) is 28.6 Å². The molecular weight excluding hydrogens is 358 g/mol. The molecule has 0 spiro atoms. The van der Waals surface area contributed by atoms with Crippen LogP contribution in [0.4, 0.5) is 0 Å². The van der Waals surface area contributed by atoms with Crippen LogP contribution in [0.15, 0.2) is 0 Å². The van der Waals surface area contributed by atoms with Gasteiger partial charge < -0.3 is 47.2 Å². The number of carbonyl (C=O) groups excluding carboxylic acids is 3. The summed E-state index contributed by atoms with van der Waals surface area (Å²) in [4.78, 5) is 30.0. The van der Waals surface area contributed by atoms with E-state index >= 15 is 0 Å². The summed E-state index contributed by atoms with van der Waals surface area (Å²) in [6.07, 6.45) is -2.72. The van der Waals surface area contributed by atoms with Gasteiger partial charge in [-0.1, -0.05) is 0 Å². The van der Waals surface area contributed by atoms with E-state index in [0.717, 1.165) is 0 Å². The Balaban J connectivity index is -0.000000720. The van der Waals surface area contributed by atoms with Crippen molar-refractivity contribution in [3.8, 4) is 0 Å². The molecule has 0 aromatic rings. The third-order valence-corrected chi connectivity index (χ3v) is 1.25. The molecule has 0 aliphatic rings. The standard InChI is InChI=1S/C6H8O7.ClH.La/c7-3(8)1-6(13,5(11)12)2-4(9)10;;/h13H,1-2H2,(H,7,8)(H,9,10)(H,11,12);1H;/q;;+3/p-4. The zero-order chi connectivity index (χ0) is 10.6. The van der Waals surface area contributed by atoms with Crippen molar-refractivity contribution in [2.75, 3.05) is 0 Å². The van der Waals surface area contributed by atoms with Crippen molar-refractivity contribution in [3.05, 3.63) is 0 Å². The Hall–Kier alpha value is -0.145. The van der Waals surface area contributed by atoms with E-state index in [0.29, 0.717) is 0 Å². The monoisotopic (exact) mass is 363 g/mol. The quantitative estimate of drug-likeness (QED) is 0.511. The van der Waals surface area contributed by atoms with Gasteiger partial charge in [0.15, 0.2) is 0 Å². The van der Waals surface area contributed by atoms with E-state index in [1.807, 2.05) is 0 Å². The topological polar surface area (TPSA) is 141 Å². The minimum Gasteiger partial charge on any atom is -1.00 e. The predicted octanol–water partition coefficient (Wildman–Crippen LogP) is -8.25. The number of aliphatic hydroxyl groups is 1. The molecule has 82 valence electrons. The molecule has 15 heavy (non-hydrogen) atoms. The van der Waals surface area contributed by atoms with Crippen LogP contribution in [0.2, 0.25) is 0 Å². The van der Waals surface area contributed by atoms with Gasteiger partial charge in [-0.2, -0.15) is 0 Å². The maximum atomic E-state index is 10.1. The number of hydrogen-bond acceptors (Lipinski definition) is 7. The maximum absolute atomic E-state index is 10.1. The van der Waals surface area contributed by atoms with Crippen molar-refractivity contribution < 1.29 is 82.8 Å². The van der Waals surface area contributed by atoms with E-state index in [-0.39, 0.29) is 48.0 Å². The zero-order valence-corrected chi connectivity index (χ0v) is 11.6. The van der Waals surface area contributed by atoms with Crippen LogP contribution >= 0.6 is 0 Å². The second-order valence-electron chi connectivity index (χ2n) is 2.42. The van der Waals surface area contributed by atoms with Gasteiger partial charge in [0, 0.05) is 24.8 Å². The fourth-order valence-corrected chi connectivity index (χ4v) is 0.684. The molecule has 0 atom stereocenters. The Kier molecular flexibility index (Phi) is 10.9. The molecule has 0 rings (SSSR count). The van der Waals surface area contributed by atoms with Crippen LogP contribution in [0.25, 0.3) is 0 Å². The smallest absolute Gasteiger partial charge is 1.00 e. The average Bonchev–Trinajstić information content (AvgIpc) is 1.82. The van der Waals surface area contributed by atoms with Crippen molar-refractivity contribution in [1.82, 2.24) is 0 Å². The number of halogens is 1. The molecule has 0 bridgehead atoms. The van der Waals surface area contributed by atoms with Crippen LogP contribution in [0.5, 0.6) is 0 Å². The summed E-state index contributed by atoms with van der Waals surface area (Å²) in [5.41, 5.74) is -2.97. The molecule has 1 N–H and O–H groups in total. The Morgan fingerprint density at radius 1 is 1.00 bits per heavy atom. The molecule has 0 fully saturated rings. The molecule has 0 aliphatic heterocycles. The van der Waals surface area contributed by atoms with Crippen molar-refractivity contribution in [2.45, 2.75) is 18.4 Å². The Bertz CT molecular complexity index is 238. The number of carboxylic acid groups (broad SMARTS) is 3. The fraction of sp³-hybridized carbons (Fsp3) is 0.500. The number of carboxylic acids is 3. The number of aliphatic carboxylic acids is 3.